The largest absolute Gasteiger partial charge is 0.363 e. The molecule has 0 saturated heterocycles. The van der Waals surface area contributed by atoms with Gasteiger partial charge in [-0.3, -0.25) is 0 Å². The second-order valence-electron chi connectivity index (χ2n) is 3.57. The zero-order valence-electron chi connectivity index (χ0n) is 9.05. The SMILES string of the molecule is Fc1cnc(NCc2cc(F)ccc2F)c(F)c1. The van der Waals surface area contributed by atoms with Crippen LogP contribution in [-0.2, 0) is 6.54 Å². The average molecular weight is 256 g/mol. The van der Waals surface area contributed by atoms with E-state index in [1.165, 1.54) is 0 Å². The molecule has 0 radical (unpaired) electrons. The van der Waals surface area contributed by atoms with E-state index in [4.69, 9.17) is 0 Å². The molecule has 2 aromatic rings. The van der Waals surface area contributed by atoms with Gasteiger partial charge in [0, 0.05) is 18.2 Å². The third-order valence-corrected chi connectivity index (χ3v) is 2.26. The van der Waals surface area contributed by atoms with E-state index in [0.717, 1.165) is 24.4 Å². The van der Waals surface area contributed by atoms with Gasteiger partial charge in [-0.2, -0.15) is 0 Å². The Kier molecular flexibility index (Phi) is 3.45. The summed E-state index contributed by atoms with van der Waals surface area (Å²) in [6, 6.07) is 3.59. The first-order valence-electron chi connectivity index (χ1n) is 5.05. The Hall–Kier alpha value is -2.11. The van der Waals surface area contributed by atoms with Gasteiger partial charge in [0.2, 0.25) is 0 Å². The van der Waals surface area contributed by atoms with E-state index >= 15 is 0 Å². The number of rotatable bonds is 3. The van der Waals surface area contributed by atoms with Crippen LogP contribution in [-0.4, -0.2) is 4.98 Å². The fourth-order valence-corrected chi connectivity index (χ4v) is 1.40. The first kappa shape index (κ1) is 12.3. The summed E-state index contributed by atoms with van der Waals surface area (Å²) in [5.41, 5.74) is 0.0283. The minimum Gasteiger partial charge on any atom is -0.363 e. The maximum absolute atomic E-state index is 13.3. The Morgan fingerprint density at radius 3 is 2.44 bits per heavy atom. The van der Waals surface area contributed by atoms with Gasteiger partial charge in [-0.05, 0) is 18.2 Å². The van der Waals surface area contributed by atoms with Crippen molar-refractivity contribution in [3.63, 3.8) is 0 Å². The summed E-state index contributed by atoms with van der Waals surface area (Å²) in [5.74, 6) is -3.14. The Labute approximate surface area is 100 Å². The van der Waals surface area contributed by atoms with E-state index in [2.05, 4.69) is 10.3 Å². The maximum atomic E-state index is 13.3. The highest BCUT2D eigenvalue weighted by atomic mass is 19.1. The summed E-state index contributed by atoms with van der Waals surface area (Å²) >= 11 is 0. The van der Waals surface area contributed by atoms with E-state index < -0.39 is 23.3 Å². The number of nitrogens with zero attached hydrogens (tertiary/aromatic N) is 1. The van der Waals surface area contributed by atoms with Crippen LogP contribution in [0, 0.1) is 23.3 Å². The molecule has 0 aliphatic carbocycles. The molecule has 18 heavy (non-hydrogen) atoms. The second-order valence-corrected chi connectivity index (χ2v) is 3.57. The van der Waals surface area contributed by atoms with Gasteiger partial charge in [-0.15, -0.1) is 0 Å². The summed E-state index contributed by atoms with van der Waals surface area (Å²) in [6.07, 6.45) is 0.827. The van der Waals surface area contributed by atoms with Crippen LogP contribution in [0.25, 0.3) is 0 Å². The summed E-state index contributed by atoms with van der Waals surface area (Å²) in [5, 5.41) is 2.47. The van der Waals surface area contributed by atoms with Crippen molar-refractivity contribution in [1.82, 2.24) is 4.98 Å². The molecule has 0 bridgehead atoms. The predicted octanol–water partition coefficient (Wildman–Crippen LogP) is 3.25. The van der Waals surface area contributed by atoms with Crippen molar-refractivity contribution >= 4 is 5.82 Å². The monoisotopic (exact) mass is 256 g/mol. The van der Waals surface area contributed by atoms with Crippen LogP contribution in [0.1, 0.15) is 5.56 Å². The highest BCUT2D eigenvalue weighted by molar-refractivity contribution is 5.37. The minimum absolute atomic E-state index is 0.0283. The minimum atomic E-state index is -0.896. The van der Waals surface area contributed by atoms with Crippen molar-refractivity contribution in [2.45, 2.75) is 6.54 Å². The first-order valence-corrected chi connectivity index (χ1v) is 5.05. The van der Waals surface area contributed by atoms with Crippen molar-refractivity contribution in [1.29, 1.82) is 0 Å². The lowest BCUT2D eigenvalue weighted by Gasteiger charge is -2.07. The number of benzene rings is 1. The van der Waals surface area contributed by atoms with Crippen molar-refractivity contribution in [2.24, 2.45) is 0 Å². The number of hydrogen-bond acceptors (Lipinski definition) is 2. The molecule has 1 heterocycles. The van der Waals surface area contributed by atoms with E-state index in [9.17, 15) is 17.6 Å². The van der Waals surface area contributed by atoms with Gasteiger partial charge >= 0.3 is 0 Å². The normalized spacial score (nSPS) is 10.4. The molecule has 1 aromatic heterocycles. The van der Waals surface area contributed by atoms with Crippen molar-refractivity contribution in [3.8, 4) is 0 Å². The molecular weight excluding hydrogens is 248 g/mol. The van der Waals surface area contributed by atoms with Gasteiger partial charge in [-0.25, -0.2) is 22.5 Å². The molecule has 2 nitrogen and oxygen atoms in total. The molecule has 0 fully saturated rings. The standard InChI is InChI=1S/C12H8F4N2/c13-8-1-2-10(15)7(3-8)5-17-12-11(16)4-9(14)6-18-12/h1-4,6H,5H2,(H,17,18). The maximum Gasteiger partial charge on any atom is 0.168 e. The van der Waals surface area contributed by atoms with Gasteiger partial charge in [-0.1, -0.05) is 0 Å². The van der Waals surface area contributed by atoms with Crippen LogP contribution < -0.4 is 5.32 Å². The highest BCUT2D eigenvalue weighted by Gasteiger charge is 2.07. The molecular formula is C12H8F4N2. The van der Waals surface area contributed by atoms with Crippen LogP contribution in [0.15, 0.2) is 30.5 Å². The molecule has 1 N–H and O–H groups in total. The Morgan fingerprint density at radius 2 is 1.72 bits per heavy atom. The lowest BCUT2D eigenvalue weighted by atomic mass is 10.2. The zero-order chi connectivity index (χ0) is 13.1. The lowest BCUT2D eigenvalue weighted by Crippen LogP contribution is -2.06. The molecule has 94 valence electrons. The average Bonchev–Trinajstić information content (AvgIpc) is 2.32. The van der Waals surface area contributed by atoms with Crippen LogP contribution in [0.4, 0.5) is 23.4 Å². The van der Waals surface area contributed by atoms with Crippen molar-refractivity contribution in [3.05, 3.63) is 59.3 Å². The third kappa shape index (κ3) is 2.77. The summed E-state index contributed by atoms with van der Waals surface area (Å²) in [7, 11) is 0. The smallest absolute Gasteiger partial charge is 0.168 e. The lowest BCUT2D eigenvalue weighted by molar-refractivity contribution is 0.573. The zero-order valence-corrected chi connectivity index (χ0v) is 9.05. The number of hydrogen-bond donors (Lipinski definition) is 1. The summed E-state index contributed by atoms with van der Waals surface area (Å²) in [6.45, 7) is -0.154. The molecule has 0 spiro atoms. The summed E-state index contributed by atoms with van der Waals surface area (Å²) in [4.78, 5) is 3.47. The number of aromatic nitrogens is 1. The van der Waals surface area contributed by atoms with Crippen LogP contribution in [0.3, 0.4) is 0 Å². The fraction of sp³-hybridized carbons (Fsp3) is 0.0833. The Balaban J connectivity index is 2.13. The van der Waals surface area contributed by atoms with Gasteiger partial charge in [0.05, 0.1) is 6.20 Å². The number of nitrogens with one attached hydrogen (secondary N) is 1. The van der Waals surface area contributed by atoms with E-state index in [1.807, 2.05) is 0 Å². The highest BCUT2D eigenvalue weighted by Crippen LogP contribution is 2.15. The molecule has 0 atom stereocenters. The number of pyridine rings is 1. The van der Waals surface area contributed by atoms with Gasteiger partial charge in [0.25, 0.3) is 0 Å². The molecule has 2 rings (SSSR count). The molecule has 0 amide bonds. The summed E-state index contributed by atoms with van der Waals surface area (Å²) < 4.78 is 51.9. The third-order valence-electron chi connectivity index (χ3n) is 2.26. The molecule has 0 aliphatic rings. The Morgan fingerprint density at radius 1 is 0.944 bits per heavy atom. The predicted molar refractivity (Wildman–Crippen MR) is 57.8 cm³/mol. The van der Waals surface area contributed by atoms with Crippen molar-refractivity contribution in [2.75, 3.05) is 5.32 Å². The van der Waals surface area contributed by atoms with E-state index in [1.54, 1.807) is 0 Å². The van der Waals surface area contributed by atoms with Gasteiger partial charge < -0.3 is 5.32 Å². The fourth-order valence-electron chi connectivity index (χ4n) is 1.40. The number of halogens is 4. The quantitative estimate of drug-likeness (QED) is 0.853. The van der Waals surface area contributed by atoms with Crippen molar-refractivity contribution < 1.29 is 17.6 Å². The van der Waals surface area contributed by atoms with Gasteiger partial charge in [0.15, 0.2) is 11.6 Å². The van der Waals surface area contributed by atoms with E-state index in [-0.39, 0.29) is 17.9 Å². The number of anilines is 1. The Bertz CT molecular complexity index is 572. The first-order chi connectivity index (χ1) is 8.56. The second kappa shape index (κ2) is 5.03. The molecule has 0 unspecified atom stereocenters. The molecule has 6 heteroatoms. The topological polar surface area (TPSA) is 24.9 Å². The van der Waals surface area contributed by atoms with Crippen LogP contribution >= 0.6 is 0 Å². The molecule has 0 aliphatic heterocycles. The van der Waals surface area contributed by atoms with E-state index in [0.29, 0.717) is 6.07 Å². The molecule has 0 saturated carbocycles. The van der Waals surface area contributed by atoms with Crippen LogP contribution in [0.5, 0.6) is 0 Å². The molecule has 1 aromatic carbocycles. The van der Waals surface area contributed by atoms with Gasteiger partial charge in [0.1, 0.15) is 17.5 Å². The van der Waals surface area contributed by atoms with Crippen LogP contribution in [0.2, 0.25) is 0 Å².